The van der Waals surface area contributed by atoms with Gasteiger partial charge in [-0.15, -0.1) is 0 Å². The van der Waals surface area contributed by atoms with Crippen molar-refractivity contribution < 1.29 is 4.74 Å². The first-order chi connectivity index (χ1) is 19.6. The van der Waals surface area contributed by atoms with Crippen molar-refractivity contribution in [3.05, 3.63) is 155 Å². The van der Waals surface area contributed by atoms with Crippen molar-refractivity contribution in [2.45, 2.75) is 43.7 Å². The van der Waals surface area contributed by atoms with Crippen LogP contribution in [0.2, 0.25) is 0 Å². The van der Waals surface area contributed by atoms with Crippen molar-refractivity contribution in [3.8, 4) is 5.75 Å². The first-order valence-electron chi connectivity index (χ1n) is 14.5. The van der Waals surface area contributed by atoms with Crippen LogP contribution in [0.3, 0.4) is 0 Å². The van der Waals surface area contributed by atoms with E-state index in [4.69, 9.17) is 4.74 Å². The molecule has 2 heterocycles. The van der Waals surface area contributed by atoms with E-state index < -0.39 is 0 Å². The van der Waals surface area contributed by atoms with Crippen LogP contribution in [-0.2, 0) is 5.41 Å². The van der Waals surface area contributed by atoms with Gasteiger partial charge in [-0.1, -0.05) is 111 Å². The minimum atomic E-state index is 0.0402. The van der Waals surface area contributed by atoms with Gasteiger partial charge < -0.3 is 10.1 Å². The van der Waals surface area contributed by atoms with Crippen LogP contribution in [0.4, 0.5) is 0 Å². The summed E-state index contributed by atoms with van der Waals surface area (Å²) in [6.07, 6.45) is 8.52. The van der Waals surface area contributed by atoms with Gasteiger partial charge in [-0.05, 0) is 81.0 Å². The third-order valence-electron chi connectivity index (χ3n) is 9.59. The molecule has 0 radical (unpaired) electrons. The zero-order chi connectivity index (χ0) is 26.8. The zero-order valence-electron chi connectivity index (χ0n) is 23.0. The highest BCUT2D eigenvalue weighted by Crippen LogP contribution is 2.58. The van der Waals surface area contributed by atoms with Crippen LogP contribution >= 0.6 is 0 Å². The summed E-state index contributed by atoms with van der Waals surface area (Å²) in [6, 6.07) is 37.3. The summed E-state index contributed by atoms with van der Waals surface area (Å²) in [7, 11) is 0. The van der Waals surface area contributed by atoms with E-state index in [2.05, 4.69) is 141 Å². The molecule has 4 unspecified atom stereocenters. The number of hydrogen-bond donors (Lipinski definition) is 1. The van der Waals surface area contributed by atoms with Gasteiger partial charge >= 0.3 is 0 Å². The van der Waals surface area contributed by atoms with E-state index in [1.165, 1.54) is 44.5 Å². The summed E-state index contributed by atoms with van der Waals surface area (Å²) in [5.74, 6) is 1.87. The number of ether oxygens (including phenoxy) is 1. The Kier molecular flexibility index (Phi) is 5.22. The van der Waals surface area contributed by atoms with Gasteiger partial charge in [-0.3, -0.25) is 0 Å². The topological polar surface area (TPSA) is 21.3 Å². The molecule has 1 N–H and O–H groups in total. The van der Waals surface area contributed by atoms with Gasteiger partial charge in [0.1, 0.15) is 11.9 Å². The Morgan fingerprint density at radius 2 is 1.52 bits per heavy atom. The van der Waals surface area contributed by atoms with Crippen molar-refractivity contribution in [3.63, 3.8) is 0 Å². The molecule has 4 aromatic carbocycles. The molecule has 0 saturated heterocycles. The van der Waals surface area contributed by atoms with Gasteiger partial charge in [0.25, 0.3) is 0 Å². The number of nitrogens with one attached hydrogen (secondary N) is 1. The average molecular weight is 520 g/mol. The normalized spacial score (nSPS) is 25.2. The SMILES string of the molecule is CC1(C)c2cc(C3=CC(c4ccccc4)NC(c4ccccc4)=C3)ccc2C2=CC3c4ccccc4OC3CC21. The van der Waals surface area contributed by atoms with Crippen molar-refractivity contribution in [2.75, 3.05) is 0 Å². The first kappa shape index (κ1) is 23.6. The second-order valence-corrected chi connectivity index (χ2v) is 12.2. The maximum absolute atomic E-state index is 6.47. The zero-order valence-corrected chi connectivity index (χ0v) is 23.0. The Bertz CT molecular complexity index is 1710. The lowest BCUT2D eigenvalue weighted by Gasteiger charge is -2.35. The van der Waals surface area contributed by atoms with Crippen molar-refractivity contribution in [1.29, 1.82) is 0 Å². The minimum absolute atomic E-state index is 0.0402. The summed E-state index contributed by atoms with van der Waals surface area (Å²) in [4.78, 5) is 0. The van der Waals surface area contributed by atoms with E-state index in [1.54, 1.807) is 0 Å². The summed E-state index contributed by atoms with van der Waals surface area (Å²) < 4.78 is 6.47. The van der Waals surface area contributed by atoms with Crippen molar-refractivity contribution in [1.82, 2.24) is 5.32 Å². The minimum Gasteiger partial charge on any atom is -0.489 e. The molecule has 196 valence electrons. The van der Waals surface area contributed by atoms with E-state index in [1.807, 2.05) is 0 Å². The van der Waals surface area contributed by atoms with Crippen LogP contribution < -0.4 is 10.1 Å². The third-order valence-corrected chi connectivity index (χ3v) is 9.59. The lowest BCUT2D eigenvalue weighted by molar-refractivity contribution is 0.169. The van der Waals surface area contributed by atoms with Gasteiger partial charge in [-0.25, -0.2) is 0 Å². The highest BCUT2D eigenvalue weighted by atomic mass is 16.5. The second-order valence-electron chi connectivity index (χ2n) is 12.2. The molecule has 0 amide bonds. The number of dihydropyridines is 1. The van der Waals surface area contributed by atoms with Crippen LogP contribution in [0, 0.1) is 5.92 Å². The summed E-state index contributed by atoms with van der Waals surface area (Å²) in [5, 5.41) is 3.79. The molecule has 4 atom stereocenters. The van der Waals surface area contributed by atoms with E-state index in [9.17, 15) is 0 Å². The quantitative estimate of drug-likeness (QED) is 0.292. The monoisotopic (exact) mass is 519 g/mol. The summed E-state index contributed by atoms with van der Waals surface area (Å²) in [5.41, 5.74) is 12.0. The highest BCUT2D eigenvalue weighted by Gasteiger charge is 2.49. The van der Waals surface area contributed by atoms with Gasteiger partial charge in [0.05, 0.1) is 6.04 Å². The molecule has 0 spiro atoms. The maximum atomic E-state index is 6.47. The Morgan fingerprint density at radius 1 is 0.775 bits per heavy atom. The number of fused-ring (bicyclic) bond motifs is 6. The van der Waals surface area contributed by atoms with Crippen LogP contribution in [0.15, 0.2) is 121 Å². The molecule has 0 saturated carbocycles. The van der Waals surface area contributed by atoms with Gasteiger partial charge in [0, 0.05) is 17.2 Å². The summed E-state index contributed by atoms with van der Waals surface area (Å²) in [6.45, 7) is 4.86. The molecule has 4 aromatic rings. The summed E-state index contributed by atoms with van der Waals surface area (Å²) >= 11 is 0. The molecule has 2 aliphatic heterocycles. The van der Waals surface area contributed by atoms with Crippen LogP contribution in [0.1, 0.15) is 65.6 Å². The lowest BCUT2D eigenvalue weighted by Crippen LogP contribution is -2.33. The molecule has 2 aliphatic carbocycles. The number of hydrogen-bond acceptors (Lipinski definition) is 2. The number of allylic oxidation sites excluding steroid dienone is 3. The van der Waals surface area contributed by atoms with E-state index in [0.29, 0.717) is 11.8 Å². The first-order valence-corrected chi connectivity index (χ1v) is 14.5. The molecule has 0 aromatic heterocycles. The Labute approximate surface area is 236 Å². The Morgan fingerprint density at radius 3 is 2.35 bits per heavy atom. The predicted octanol–water partition coefficient (Wildman–Crippen LogP) is 8.69. The Hall–Kier alpha value is -4.30. The molecule has 40 heavy (non-hydrogen) atoms. The van der Waals surface area contributed by atoms with Gasteiger partial charge in [-0.2, -0.15) is 0 Å². The molecule has 2 nitrogen and oxygen atoms in total. The van der Waals surface area contributed by atoms with Crippen molar-refractivity contribution in [2.24, 2.45) is 5.92 Å². The molecular weight excluding hydrogens is 486 g/mol. The molecule has 8 rings (SSSR count). The third kappa shape index (κ3) is 3.63. The molecular formula is C38H33NO. The largest absolute Gasteiger partial charge is 0.489 e. The fourth-order valence-electron chi connectivity index (χ4n) is 7.46. The number of rotatable bonds is 3. The van der Waals surface area contributed by atoms with Crippen LogP contribution in [-0.4, -0.2) is 6.10 Å². The van der Waals surface area contributed by atoms with E-state index >= 15 is 0 Å². The molecule has 0 fully saturated rings. The average Bonchev–Trinajstić information content (AvgIpc) is 3.48. The molecule has 4 aliphatic rings. The Balaban J connectivity index is 1.22. The fourth-order valence-corrected chi connectivity index (χ4v) is 7.46. The number of para-hydroxylation sites is 1. The standard InChI is InChI=1S/C38H33NO/c1-38(2)32-19-26(17-18-28(32)30-22-31-29-15-9-10-16-36(29)40-37(31)23-33(30)38)27-20-34(24-11-5-3-6-12-24)39-35(21-27)25-13-7-4-8-14-25/h3-22,31,33-34,37,39H,23H2,1-2H3. The van der Waals surface area contributed by atoms with Gasteiger partial charge in [0.2, 0.25) is 0 Å². The van der Waals surface area contributed by atoms with E-state index in [-0.39, 0.29) is 17.6 Å². The van der Waals surface area contributed by atoms with Crippen molar-refractivity contribution >= 4 is 16.8 Å². The molecule has 0 bridgehead atoms. The smallest absolute Gasteiger partial charge is 0.123 e. The van der Waals surface area contributed by atoms with E-state index in [0.717, 1.165) is 17.9 Å². The maximum Gasteiger partial charge on any atom is 0.123 e. The molecule has 2 heteroatoms. The second kappa shape index (κ2) is 8.86. The fraction of sp³-hybridized carbons (Fsp3) is 0.211. The lowest BCUT2D eigenvalue weighted by atomic mass is 9.70. The van der Waals surface area contributed by atoms with Gasteiger partial charge in [0.15, 0.2) is 0 Å². The predicted molar refractivity (Wildman–Crippen MR) is 164 cm³/mol. The van der Waals surface area contributed by atoms with Crippen LogP contribution in [0.25, 0.3) is 16.8 Å². The number of benzene rings is 4. The highest BCUT2D eigenvalue weighted by molar-refractivity contribution is 5.88. The van der Waals surface area contributed by atoms with Crippen LogP contribution in [0.5, 0.6) is 5.75 Å².